The Morgan fingerprint density at radius 3 is 2.69 bits per heavy atom. The van der Waals surface area contributed by atoms with Gasteiger partial charge >= 0.3 is 0 Å². The number of furan rings is 1. The van der Waals surface area contributed by atoms with Crippen LogP contribution in [0.5, 0.6) is 0 Å². The molecule has 0 unspecified atom stereocenters. The SMILES string of the molecule is Cc1cc(C)c(NC(=O)CSC2=C(C#N)[C@H](c3ccco3)C3=C(CCCC3=O)N2)c(C)c1. The van der Waals surface area contributed by atoms with Gasteiger partial charge in [0, 0.05) is 23.4 Å². The summed E-state index contributed by atoms with van der Waals surface area (Å²) in [6, 6.07) is 9.88. The molecule has 1 aliphatic heterocycles. The Bertz CT molecular complexity index is 1160. The van der Waals surface area contributed by atoms with Crippen molar-refractivity contribution in [3.63, 3.8) is 0 Å². The van der Waals surface area contributed by atoms with Crippen molar-refractivity contribution >= 4 is 29.1 Å². The first kappa shape index (κ1) is 22.0. The van der Waals surface area contributed by atoms with Crippen LogP contribution in [0, 0.1) is 32.1 Å². The van der Waals surface area contributed by atoms with E-state index in [1.54, 1.807) is 18.4 Å². The summed E-state index contributed by atoms with van der Waals surface area (Å²) in [5.41, 5.74) is 5.86. The van der Waals surface area contributed by atoms with Crippen LogP contribution in [0.4, 0.5) is 5.69 Å². The molecule has 0 spiro atoms. The monoisotopic (exact) mass is 447 g/mol. The quantitative estimate of drug-likeness (QED) is 0.669. The van der Waals surface area contributed by atoms with Gasteiger partial charge in [0.25, 0.3) is 0 Å². The van der Waals surface area contributed by atoms with E-state index in [2.05, 4.69) is 16.7 Å². The minimum Gasteiger partial charge on any atom is -0.468 e. The maximum atomic E-state index is 12.7. The van der Waals surface area contributed by atoms with E-state index in [1.807, 2.05) is 32.9 Å². The third-order valence-corrected chi connectivity index (χ3v) is 6.80. The molecule has 6 nitrogen and oxygen atoms in total. The zero-order valence-corrected chi connectivity index (χ0v) is 19.2. The average molecular weight is 448 g/mol. The van der Waals surface area contributed by atoms with Gasteiger partial charge in [0.15, 0.2) is 5.78 Å². The lowest BCUT2D eigenvalue weighted by atomic mass is 9.79. The van der Waals surface area contributed by atoms with Crippen molar-refractivity contribution in [2.75, 3.05) is 11.1 Å². The van der Waals surface area contributed by atoms with Gasteiger partial charge in [-0.25, -0.2) is 0 Å². The fourth-order valence-corrected chi connectivity index (χ4v) is 5.33. The summed E-state index contributed by atoms with van der Waals surface area (Å²) < 4.78 is 5.60. The standard InChI is InChI=1S/C25H25N3O3S/c1-14-10-15(2)24(16(3)11-14)28-21(30)13-32-25-17(12-26)22(20-8-5-9-31-20)23-18(27-25)6-4-7-19(23)29/h5,8-11,22,27H,4,6-7,13H2,1-3H3,(H,28,30)/t22-/m1/s1. The second-order valence-corrected chi connectivity index (χ2v) is 9.19. The van der Waals surface area contributed by atoms with Crippen LogP contribution in [0.2, 0.25) is 0 Å². The van der Waals surface area contributed by atoms with E-state index in [0.29, 0.717) is 28.4 Å². The number of thioether (sulfide) groups is 1. The number of carbonyl (C=O) groups excluding carboxylic acids is 2. The number of anilines is 1. The Morgan fingerprint density at radius 2 is 2.03 bits per heavy atom. The van der Waals surface area contributed by atoms with Gasteiger partial charge in [-0.1, -0.05) is 29.5 Å². The number of hydrogen-bond donors (Lipinski definition) is 2. The van der Waals surface area contributed by atoms with E-state index in [0.717, 1.165) is 40.9 Å². The Kier molecular flexibility index (Phi) is 6.24. The maximum Gasteiger partial charge on any atom is 0.234 e. The van der Waals surface area contributed by atoms with Crippen molar-refractivity contribution in [3.8, 4) is 6.07 Å². The van der Waals surface area contributed by atoms with Gasteiger partial charge in [-0.05, 0) is 56.9 Å². The maximum absolute atomic E-state index is 12.7. The summed E-state index contributed by atoms with van der Waals surface area (Å²) in [6.07, 6.45) is 3.51. The molecule has 2 heterocycles. The fraction of sp³-hybridized carbons (Fsp3) is 0.320. The highest BCUT2D eigenvalue weighted by Gasteiger charge is 2.38. The number of carbonyl (C=O) groups is 2. The van der Waals surface area contributed by atoms with Crippen molar-refractivity contribution < 1.29 is 14.0 Å². The highest BCUT2D eigenvalue weighted by molar-refractivity contribution is 8.03. The number of allylic oxidation sites excluding steroid dienone is 3. The molecule has 0 fully saturated rings. The molecular weight excluding hydrogens is 422 g/mol. The number of nitrogens with one attached hydrogen (secondary N) is 2. The first-order valence-corrected chi connectivity index (χ1v) is 11.6. The molecule has 0 saturated heterocycles. The summed E-state index contributed by atoms with van der Waals surface area (Å²) in [5, 5.41) is 16.9. The molecule has 1 aromatic carbocycles. The molecule has 0 saturated carbocycles. The van der Waals surface area contributed by atoms with Crippen molar-refractivity contribution in [2.24, 2.45) is 0 Å². The molecular formula is C25H25N3O3S. The Labute approximate surface area is 191 Å². The topological polar surface area (TPSA) is 95.1 Å². The fourth-order valence-electron chi connectivity index (χ4n) is 4.47. The summed E-state index contributed by atoms with van der Waals surface area (Å²) in [7, 11) is 0. The molecule has 1 aromatic heterocycles. The normalized spacial score (nSPS) is 18.2. The molecule has 1 aliphatic carbocycles. The van der Waals surface area contributed by atoms with E-state index in [-0.39, 0.29) is 17.4 Å². The van der Waals surface area contributed by atoms with Crippen LogP contribution in [-0.2, 0) is 9.59 Å². The van der Waals surface area contributed by atoms with Gasteiger partial charge in [-0.3, -0.25) is 9.59 Å². The molecule has 2 aliphatic rings. The molecule has 4 rings (SSSR count). The zero-order chi connectivity index (χ0) is 22.8. The Balaban J connectivity index is 1.58. The molecule has 164 valence electrons. The number of dihydropyridines is 1. The van der Waals surface area contributed by atoms with Crippen molar-refractivity contribution in [1.82, 2.24) is 5.32 Å². The average Bonchev–Trinajstić information content (AvgIpc) is 3.28. The van der Waals surface area contributed by atoms with Gasteiger partial charge < -0.3 is 15.1 Å². The van der Waals surface area contributed by atoms with Crippen LogP contribution in [0.25, 0.3) is 0 Å². The van der Waals surface area contributed by atoms with Crippen LogP contribution < -0.4 is 10.6 Å². The molecule has 2 aromatic rings. The van der Waals surface area contributed by atoms with Crippen LogP contribution >= 0.6 is 11.8 Å². The summed E-state index contributed by atoms with van der Waals surface area (Å²) in [4.78, 5) is 25.5. The van der Waals surface area contributed by atoms with E-state index >= 15 is 0 Å². The number of hydrogen-bond acceptors (Lipinski definition) is 6. The summed E-state index contributed by atoms with van der Waals surface area (Å²) in [6.45, 7) is 5.98. The van der Waals surface area contributed by atoms with Crippen LogP contribution in [0.15, 0.2) is 56.8 Å². The zero-order valence-electron chi connectivity index (χ0n) is 18.4. The van der Waals surface area contributed by atoms with Gasteiger partial charge in [0.2, 0.25) is 5.91 Å². The molecule has 0 radical (unpaired) electrons. The van der Waals surface area contributed by atoms with Gasteiger partial charge in [0.05, 0.1) is 34.6 Å². The lowest BCUT2D eigenvalue weighted by molar-refractivity contribution is -0.116. The van der Waals surface area contributed by atoms with Crippen LogP contribution in [-0.4, -0.2) is 17.4 Å². The second kappa shape index (κ2) is 9.09. The van der Waals surface area contributed by atoms with Crippen molar-refractivity contribution in [1.29, 1.82) is 5.26 Å². The van der Waals surface area contributed by atoms with Gasteiger partial charge in [-0.15, -0.1) is 0 Å². The third-order valence-electron chi connectivity index (χ3n) is 5.78. The first-order chi connectivity index (χ1) is 15.4. The summed E-state index contributed by atoms with van der Waals surface area (Å²) in [5.74, 6) is 0.0676. The number of ketones is 1. The number of nitrogens with zero attached hydrogens (tertiary/aromatic N) is 1. The number of rotatable bonds is 5. The highest BCUT2D eigenvalue weighted by atomic mass is 32.2. The van der Waals surface area contributed by atoms with E-state index in [1.165, 1.54) is 11.8 Å². The lowest BCUT2D eigenvalue weighted by Crippen LogP contribution is -2.31. The van der Waals surface area contributed by atoms with Crippen LogP contribution in [0.3, 0.4) is 0 Å². The Hall–Kier alpha value is -3.24. The molecule has 0 bridgehead atoms. The highest BCUT2D eigenvalue weighted by Crippen LogP contribution is 2.44. The largest absolute Gasteiger partial charge is 0.468 e. The van der Waals surface area contributed by atoms with Crippen LogP contribution in [0.1, 0.15) is 47.6 Å². The minimum absolute atomic E-state index is 0.0417. The van der Waals surface area contributed by atoms with Gasteiger partial charge in [0.1, 0.15) is 5.76 Å². The number of amides is 1. The molecule has 1 atom stereocenters. The molecule has 7 heteroatoms. The first-order valence-electron chi connectivity index (χ1n) is 10.6. The lowest BCUT2D eigenvalue weighted by Gasteiger charge is -2.32. The van der Waals surface area contributed by atoms with Gasteiger partial charge in [-0.2, -0.15) is 5.26 Å². The number of nitriles is 1. The predicted molar refractivity (Wildman–Crippen MR) is 125 cm³/mol. The molecule has 1 amide bonds. The molecule has 32 heavy (non-hydrogen) atoms. The smallest absolute Gasteiger partial charge is 0.234 e. The number of aryl methyl sites for hydroxylation is 3. The van der Waals surface area contributed by atoms with Crippen molar-refractivity contribution in [3.05, 3.63) is 74.9 Å². The molecule has 2 N–H and O–H groups in total. The minimum atomic E-state index is -0.536. The second-order valence-electron chi connectivity index (χ2n) is 8.21. The predicted octanol–water partition coefficient (Wildman–Crippen LogP) is 5.01. The Morgan fingerprint density at radius 1 is 1.28 bits per heavy atom. The third kappa shape index (κ3) is 4.23. The number of benzene rings is 1. The number of Topliss-reactive ketones (excluding diaryl/α,β-unsaturated/α-hetero) is 1. The van der Waals surface area contributed by atoms with E-state index in [4.69, 9.17) is 4.42 Å². The van der Waals surface area contributed by atoms with Crippen molar-refractivity contribution in [2.45, 2.75) is 46.0 Å². The van der Waals surface area contributed by atoms with E-state index < -0.39 is 5.92 Å². The van der Waals surface area contributed by atoms with E-state index in [9.17, 15) is 14.9 Å². The summed E-state index contributed by atoms with van der Waals surface area (Å²) >= 11 is 1.28.